The highest BCUT2D eigenvalue weighted by Gasteiger charge is 2.18. The molecule has 0 aromatic carbocycles. The third-order valence-corrected chi connectivity index (χ3v) is 5.41. The van der Waals surface area contributed by atoms with Crippen LogP contribution in [0.1, 0.15) is 52.9 Å². The normalized spacial score (nSPS) is 22.3. The molecule has 0 unspecified atom stereocenters. The average Bonchev–Trinajstić information content (AvgIpc) is 2.49. The highest BCUT2D eigenvalue weighted by Crippen LogP contribution is 2.23. The van der Waals surface area contributed by atoms with Crippen LogP contribution in [0.5, 0.6) is 0 Å². The van der Waals surface area contributed by atoms with Gasteiger partial charge in [0.1, 0.15) is 0 Å². The Labute approximate surface area is 158 Å². The van der Waals surface area contributed by atoms with Crippen molar-refractivity contribution >= 4 is 40.0 Å². The molecule has 0 radical (unpaired) electrons. The van der Waals surface area contributed by atoms with E-state index < -0.39 is 10.0 Å². The molecule has 1 saturated carbocycles. The first-order valence-corrected chi connectivity index (χ1v) is 10.1. The van der Waals surface area contributed by atoms with E-state index in [4.69, 9.17) is 0 Å². The lowest BCUT2D eigenvalue weighted by molar-refractivity contribution is 0.329. The van der Waals surface area contributed by atoms with Gasteiger partial charge in [-0.2, -0.15) is 0 Å². The van der Waals surface area contributed by atoms with Gasteiger partial charge in [0.25, 0.3) is 0 Å². The van der Waals surface area contributed by atoms with Crippen molar-refractivity contribution in [2.45, 2.75) is 58.9 Å². The van der Waals surface area contributed by atoms with Crippen LogP contribution in [0.4, 0.5) is 0 Å². The molecule has 138 valence electrons. The summed E-state index contributed by atoms with van der Waals surface area (Å²) in [5.74, 6) is 1.81. The maximum absolute atomic E-state index is 11.3. The van der Waals surface area contributed by atoms with Crippen molar-refractivity contribution in [2.24, 2.45) is 10.9 Å². The molecular formula is C15H33IN4O2S. The van der Waals surface area contributed by atoms with E-state index >= 15 is 0 Å². The SMILES string of the molecule is CCNC(=NCCCNS(=O)(=O)CC)NC1CCC(C)CC1.I. The summed E-state index contributed by atoms with van der Waals surface area (Å²) < 4.78 is 25.2. The highest BCUT2D eigenvalue weighted by molar-refractivity contribution is 14.0. The lowest BCUT2D eigenvalue weighted by Gasteiger charge is -2.28. The Morgan fingerprint density at radius 1 is 1.17 bits per heavy atom. The van der Waals surface area contributed by atoms with Crippen LogP contribution >= 0.6 is 24.0 Å². The van der Waals surface area contributed by atoms with Crippen molar-refractivity contribution < 1.29 is 8.42 Å². The first kappa shape index (κ1) is 22.9. The number of sulfonamides is 1. The first-order chi connectivity index (χ1) is 10.5. The molecule has 3 N–H and O–H groups in total. The number of guanidine groups is 1. The van der Waals surface area contributed by atoms with E-state index in [9.17, 15) is 8.42 Å². The van der Waals surface area contributed by atoms with Gasteiger partial charge < -0.3 is 10.6 Å². The van der Waals surface area contributed by atoms with Crippen molar-refractivity contribution in [3.05, 3.63) is 0 Å². The monoisotopic (exact) mass is 460 g/mol. The largest absolute Gasteiger partial charge is 0.357 e. The summed E-state index contributed by atoms with van der Waals surface area (Å²) in [4.78, 5) is 4.53. The van der Waals surface area contributed by atoms with Crippen molar-refractivity contribution in [3.63, 3.8) is 0 Å². The zero-order chi connectivity index (χ0) is 16.4. The highest BCUT2D eigenvalue weighted by atomic mass is 127. The summed E-state index contributed by atoms with van der Waals surface area (Å²) in [6.45, 7) is 7.89. The summed E-state index contributed by atoms with van der Waals surface area (Å²) >= 11 is 0. The van der Waals surface area contributed by atoms with E-state index in [1.165, 1.54) is 25.7 Å². The van der Waals surface area contributed by atoms with Crippen LogP contribution in [0.3, 0.4) is 0 Å². The first-order valence-electron chi connectivity index (χ1n) is 8.49. The van der Waals surface area contributed by atoms with Gasteiger partial charge in [0.05, 0.1) is 5.75 Å². The molecule has 0 amide bonds. The van der Waals surface area contributed by atoms with E-state index in [1.54, 1.807) is 6.92 Å². The lowest BCUT2D eigenvalue weighted by Crippen LogP contribution is -2.44. The minimum atomic E-state index is -3.09. The predicted molar refractivity (Wildman–Crippen MR) is 108 cm³/mol. The minimum Gasteiger partial charge on any atom is -0.357 e. The smallest absolute Gasteiger partial charge is 0.211 e. The summed E-state index contributed by atoms with van der Waals surface area (Å²) in [6.07, 6.45) is 5.65. The van der Waals surface area contributed by atoms with Gasteiger partial charge in [0.2, 0.25) is 10.0 Å². The van der Waals surface area contributed by atoms with Gasteiger partial charge in [-0.1, -0.05) is 6.92 Å². The van der Waals surface area contributed by atoms with E-state index in [0.29, 0.717) is 25.6 Å². The molecule has 6 nitrogen and oxygen atoms in total. The molecule has 0 bridgehead atoms. The molecular weight excluding hydrogens is 427 g/mol. The fraction of sp³-hybridized carbons (Fsp3) is 0.933. The quantitative estimate of drug-likeness (QED) is 0.224. The van der Waals surface area contributed by atoms with E-state index in [2.05, 4.69) is 34.2 Å². The van der Waals surface area contributed by atoms with Crippen molar-refractivity contribution in [2.75, 3.05) is 25.4 Å². The maximum atomic E-state index is 11.3. The fourth-order valence-electron chi connectivity index (χ4n) is 2.52. The second-order valence-corrected chi connectivity index (χ2v) is 8.11. The van der Waals surface area contributed by atoms with Gasteiger partial charge in [0.15, 0.2) is 5.96 Å². The van der Waals surface area contributed by atoms with Gasteiger partial charge in [-0.3, -0.25) is 4.99 Å². The Morgan fingerprint density at radius 3 is 2.39 bits per heavy atom. The van der Waals surface area contributed by atoms with Crippen LogP contribution in [-0.2, 0) is 10.0 Å². The Kier molecular flexibility index (Phi) is 12.2. The Hall–Kier alpha value is -0.0900. The summed E-state index contributed by atoms with van der Waals surface area (Å²) in [5.41, 5.74) is 0. The maximum Gasteiger partial charge on any atom is 0.211 e. The zero-order valence-corrected chi connectivity index (χ0v) is 17.7. The number of aliphatic imine (C=N–C) groups is 1. The van der Waals surface area contributed by atoms with Gasteiger partial charge in [-0.25, -0.2) is 13.1 Å². The molecule has 1 rings (SSSR count). The zero-order valence-electron chi connectivity index (χ0n) is 14.6. The van der Waals surface area contributed by atoms with Gasteiger partial charge in [-0.15, -0.1) is 24.0 Å². The molecule has 0 aliphatic heterocycles. The number of nitrogens with zero attached hydrogens (tertiary/aromatic N) is 1. The van der Waals surface area contributed by atoms with E-state index in [1.807, 2.05) is 0 Å². The Morgan fingerprint density at radius 2 is 1.83 bits per heavy atom. The predicted octanol–water partition coefficient (Wildman–Crippen LogP) is 2.07. The third-order valence-electron chi connectivity index (χ3n) is 4.01. The average molecular weight is 460 g/mol. The van der Waals surface area contributed by atoms with Gasteiger partial charge in [-0.05, 0) is 51.9 Å². The molecule has 0 saturated heterocycles. The number of halogens is 1. The van der Waals surface area contributed by atoms with E-state index in [0.717, 1.165) is 18.4 Å². The minimum absolute atomic E-state index is 0. The lowest BCUT2D eigenvalue weighted by atomic mass is 9.87. The number of rotatable bonds is 8. The van der Waals surface area contributed by atoms with E-state index in [-0.39, 0.29) is 29.7 Å². The molecule has 0 spiro atoms. The molecule has 1 fully saturated rings. The van der Waals surface area contributed by atoms with Crippen LogP contribution < -0.4 is 15.4 Å². The standard InChI is InChI=1S/C15H32N4O2S.HI/c1-4-16-15(19-14-9-7-13(3)8-10-14)17-11-6-12-18-22(20,21)5-2;/h13-14,18H,4-12H2,1-3H3,(H2,16,17,19);1H. The Balaban J connectivity index is 0.00000484. The fourth-order valence-corrected chi connectivity index (χ4v) is 3.18. The van der Waals surface area contributed by atoms with Crippen LogP contribution in [0.15, 0.2) is 4.99 Å². The number of nitrogens with one attached hydrogen (secondary N) is 3. The summed E-state index contributed by atoms with van der Waals surface area (Å²) in [6, 6.07) is 0.507. The molecule has 1 aliphatic rings. The summed E-state index contributed by atoms with van der Waals surface area (Å²) in [7, 11) is -3.09. The van der Waals surface area contributed by atoms with Gasteiger partial charge in [0, 0.05) is 25.7 Å². The van der Waals surface area contributed by atoms with Crippen LogP contribution in [-0.4, -0.2) is 45.8 Å². The molecule has 0 heterocycles. The van der Waals surface area contributed by atoms with Gasteiger partial charge >= 0.3 is 0 Å². The second kappa shape index (κ2) is 12.3. The van der Waals surface area contributed by atoms with Crippen LogP contribution in [0.2, 0.25) is 0 Å². The van der Waals surface area contributed by atoms with Crippen molar-refractivity contribution in [1.29, 1.82) is 0 Å². The topological polar surface area (TPSA) is 82.6 Å². The number of hydrogen-bond donors (Lipinski definition) is 3. The summed E-state index contributed by atoms with van der Waals surface area (Å²) in [5, 5.41) is 6.76. The molecule has 0 aromatic heterocycles. The molecule has 0 aromatic rings. The van der Waals surface area contributed by atoms with Crippen molar-refractivity contribution in [1.82, 2.24) is 15.4 Å². The van der Waals surface area contributed by atoms with Crippen LogP contribution in [0, 0.1) is 5.92 Å². The Bertz CT molecular complexity index is 435. The third kappa shape index (κ3) is 10.4. The molecule has 8 heteroatoms. The molecule has 23 heavy (non-hydrogen) atoms. The molecule has 0 atom stereocenters. The second-order valence-electron chi connectivity index (χ2n) is 6.01. The van der Waals surface area contributed by atoms with Crippen LogP contribution in [0.25, 0.3) is 0 Å². The number of hydrogen-bond acceptors (Lipinski definition) is 3. The van der Waals surface area contributed by atoms with Crippen molar-refractivity contribution in [3.8, 4) is 0 Å². The molecule has 1 aliphatic carbocycles.